The molecule has 3 saturated carbocycles. The topological polar surface area (TPSA) is 135 Å². The molecule has 4 aliphatic carbocycles. The molecule has 0 unspecified atom stereocenters. The molecule has 0 saturated heterocycles. The Balaban J connectivity index is 0.000000369. The number of allylic oxidation sites excluding steroid dienone is 1. The fourth-order valence-electron chi connectivity index (χ4n) is 9.32. The Bertz CT molecular complexity index is 907. The molecule has 0 spiro atoms. The van der Waals surface area contributed by atoms with E-state index < -0.39 is 17.5 Å². The smallest absolute Gasteiger partial charge is 0.306 e. The molecule has 0 aromatic rings. The molecule has 0 aliphatic heterocycles. The number of carboxylic acid groups (broad SMARTS) is 2. The maximum Gasteiger partial charge on any atom is 0.306 e. The number of aliphatic hydroxyl groups is 3. The Labute approximate surface area is 255 Å². The minimum atomic E-state index is -1.28. The predicted octanol–water partition coefficient (Wildman–Crippen LogP) is 7.07. The van der Waals surface area contributed by atoms with Crippen LogP contribution in [-0.4, -0.2) is 55.8 Å². The zero-order valence-corrected chi connectivity index (χ0v) is 27.6. The van der Waals surface area contributed by atoms with Crippen LogP contribution in [0.5, 0.6) is 0 Å². The first-order chi connectivity index (χ1) is 19.5. The summed E-state index contributed by atoms with van der Waals surface area (Å²) in [7, 11) is 0. The van der Waals surface area contributed by atoms with Gasteiger partial charge in [0.25, 0.3) is 5.97 Å². The second-order valence-corrected chi connectivity index (χ2v) is 15.2. The number of carbonyl (C=O) groups is 2. The van der Waals surface area contributed by atoms with E-state index in [4.69, 9.17) is 25.2 Å². The van der Waals surface area contributed by atoms with E-state index in [1.807, 2.05) is 0 Å². The molecule has 244 valence electrons. The average molecular weight is 595 g/mol. The first-order valence-electron chi connectivity index (χ1n) is 16.6. The Kier molecular flexibility index (Phi) is 13.6. The van der Waals surface area contributed by atoms with Crippen LogP contribution in [0.3, 0.4) is 0 Å². The largest absolute Gasteiger partial charge is 0.481 e. The van der Waals surface area contributed by atoms with Gasteiger partial charge in [-0.15, -0.1) is 0 Å². The van der Waals surface area contributed by atoms with E-state index in [2.05, 4.69) is 40.7 Å². The van der Waals surface area contributed by atoms with Gasteiger partial charge in [0, 0.05) is 13.5 Å². The molecule has 0 bridgehead atoms. The van der Waals surface area contributed by atoms with E-state index in [9.17, 15) is 9.90 Å². The van der Waals surface area contributed by atoms with Crippen molar-refractivity contribution in [2.45, 2.75) is 144 Å². The summed E-state index contributed by atoms with van der Waals surface area (Å²) >= 11 is 0. The van der Waals surface area contributed by atoms with E-state index in [1.165, 1.54) is 64.7 Å². The minimum Gasteiger partial charge on any atom is -0.481 e. The molecule has 0 amide bonds. The molecular weight excluding hydrogens is 532 g/mol. The van der Waals surface area contributed by atoms with Gasteiger partial charge in [-0.1, -0.05) is 65.5 Å². The summed E-state index contributed by atoms with van der Waals surface area (Å²) in [5, 5.41) is 43.4. The molecule has 0 aromatic carbocycles. The van der Waals surface area contributed by atoms with E-state index in [0.29, 0.717) is 10.8 Å². The molecule has 7 heteroatoms. The van der Waals surface area contributed by atoms with E-state index in [0.717, 1.165) is 55.3 Å². The lowest BCUT2D eigenvalue weighted by molar-refractivity contribution is -0.142. The van der Waals surface area contributed by atoms with Gasteiger partial charge >= 0.3 is 5.97 Å². The molecule has 42 heavy (non-hydrogen) atoms. The van der Waals surface area contributed by atoms with Crippen LogP contribution >= 0.6 is 0 Å². The second-order valence-electron chi connectivity index (χ2n) is 15.2. The lowest BCUT2D eigenvalue weighted by Crippen LogP contribution is -2.50. The molecule has 9 atom stereocenters. The van der Waals surface area contributed by atoms with Crippen LogP contribution < -0.4 is 0 Å². The number of aliphatic hydroxyl groups excluding tert-OH is 2. The van der Waals surface area contributed by atoms with Gasteiger partial charge in [-0.25, -0.2) is 0 Å². The summed E-state index contributed by atoms with van der Waals surface area (Å²) in [6.45, 7) is 14.8. The first kappa shape index (κ1) is 36.8. The number of hydrogen-bond donors (Lipinski definition) is 5. The van der Waals surface area contributed by atoms with Gasteiger partial charge in [-0.2, -0.15) is 0 Å². The Hall–Kier alpha value is -1.44. The fourth-order valence-corrected chi connectivity index (χ4v) is 9.32. The molecule has 0 radical (unpaired) electrons. The summed E-state index contributed by atoms with van der Waals surface area (Å²) < 4.78 is 0. The number of aliphatic carboxylic acids is 2. The minimum absolute atomic E-state index is 0.0766. The highest BCUT2D eigenvalue weighted by Crippen LogP contribution is 2.67. The monoisotopic (exact) mass is 594 g/mol. The fraction of sp³-hybridized carbons (Fsp3) is 0.886. The van der Waals surface area contributed by atoms with Crippen molar-refractivity contribution in [3.05, 3.63) is 11.6 Å². The van der Waals surface area contributed by atoms with Gasteiger partial charge in [0.15, 0.2) is 0 Å². The molecular formula is C35H62O7. The van der Waals surface area contributed by atoms with Crippen molar-refractivity contribution in [3.63, 3.8) is 0 Å². The standard InChI is InChI=1S/C27H46O.C6H12O4.C2H4O2/c1-18(2)7-6-8-19(3)23-11-12-24-22-10-9-20-17-21(28)13-15-26(20,4)25(22)14-16-27(23,24)5;1-6(10,2-3-7)4-5(8)9;1-2(3)4/h9,18-19,21-25,28H,6-8,10-17H2,1-5H3;7,10H,2-4H2,1H3,(H,8,9);1H3,(H,3,4)/t19-,21+,22+,23-,24+,25+,26+,27-;6-;/m11./s1. The van der Waals surface area contributed by atoms with Crippen LogP contribution in [0.4, 0.5) is 0 Å². The summed E-state index contributed by atoms with van der Waals surface area (Å²) in [5.41, 5.74) is 1.33. The van der Waals surface area contributed by atoms with Crippen molar-refractivity contribution < 1.29 is 35.1 Å². The normalized spacial score (nSPS) is 35.5. The van der Waals surface area contributed by atoms with E-state index in [1.54, 1.807) is 5.57 Å². The van der Waals surface area contributed by atoms with Gasteiger partial charge in [0.05, 0.1) is 18.1 Å². The van der Waals surface area contributed by atoms with Crippen LogP contribution in [-0.2, 0) is 9.59 Å². The quantitative estimate of drug-likeness (QED) is 0.180. The van der Waals surface area contributed by atoms with Gasteiger partial charge < -0.3 is 25.5 Å². The highest BCUT2D eigenvalue weighted by atomic mass is 16.4. The molecule has 0 aromatic heterocycles. The number of carboxylic acids is 2. The van der Waals surface area contributed by atoms with Crippen molar-refractivity contribution >= 4 is 11.9 Å². The van der Waals surface area contributed by atoms with Crippen LogP contribution in [0.2, 0.25) is 0 Å². The van der Waals surface area contributed by atoms with Crippen molar-refractivity contribution in [1.29, 1.82) is 0 Å². The molecule has 4 aliphatic rings. The van der Waals surface area contributed by atoms with Crippen molar-refractivity contribution in [2.75, 3.05) is 6.61 Å². The first-order valence-corrected chi connectivity index (χ1v) is 16.6. The maximum absolute atomic E-state index is 10.2. The van der Waals surface area contributed by atoms with Crippen LogP contribution in [0.25, 0.3) is 0 Å². The predicted molar refractivity (Wildman–Crippen MR) is 167 cm³/mol. The zero-order valence-electron chi connectivity index (χ0n) is 27.6. The summed E-state index contributed by atoms with van der Waals surface area (Å²) in [6, 6.07) is 0. The van der Waals surface area contributed by atoms with Crippen molar-refractivity contribution in [3.8, 4) is 0 Å². The highest BCUT2D eigenvalue weighted by Gasteiger charge is 2.59. The van der Waals surface area contributed by atoms with Crippen molar-refractivity contribution in [2.24, 2.45) is 46.3 Å². The third-order valence-corrected chi connectivity index (χ3v) is 11.5. The third kappa shape index (κ3) is 9.53. The number of fused-ring (bicyclic) bond motifs is 5. The summed E-state index contributed by atoms with van der Waals surface area (Å²) in [4.78, 5) is 19.0. The average Bonchev–Trinajstić information content (AvgIpc) is 3.21. The highest BCUT2D eigenvalue weighted by molar-refractivity contribution is 5.68. The van der Waals surface area contributed by atoms with Crippen LogP contribution in [0.15, 0.2) is 11.6 Å². The summed E-state index contributed by atoms with van der Waals surface area (Å²) in [5.74, 6) is 3.57. The Morgan fingerprint density at radius 3 is 2.24 bits per heavy atom. The van der Waals surface area contributed by atoms with Crippen LogP contribution in [0, 0.1) is 46.3 Å². The zero-order chi connectivity index (χ0) is 31.9. The third-order valence-electron chi connectivity index (χ3n) is 11.5. The molecule has 5 N–H and O–H groups in total. The van der Waals surface area contributed by atoms with Crippen LogP contribution in [0.1, 0.15) is 132 Å². The molecule has 0 heterocycles. The van der Waals surface area contributed by atoms with E-state index >= 15 is 0 Å². The van der Waals surface area contributed by atoms with Crippen molar-refractivity contribution in [1.82, 2.24) is 0 Å². The molecule has 7 nitrogen and oxygen atoms in total. The molecule has 3 fully saturated rings. The Morgan fingerprint density at radius 2 is 1.67 bits per heavy atom. The second kappa shape index (κ2) is 15.5. The van der Waals surface area contributed by atoms with Gasteiger partial charge in [-0.3, -0.25) is 9.59 Å². The lowest BCUT2D eigenvalue weighted by atomic mass is 9.47. The molecule has 4 rings (SSSR count). The maximum atomic E-state index is 10.2. The van der Waals surface area contributed by atoms with Gasteiger partial charge in [-0.05, 0) is 111 Å². The number of rotatable bonds is 9. The SMILES string of the molecule is CC(=O)O.CC(C)CCC[C@@H](C)[C@H]1CC[C@H]2[C@@H]3CC=C4C[C@@H](O)CC[C@]4(C)[C@H]3CC[C@]12C.C[C@@](O)(CCO)CC(=O)O. The number of hydrogen-bond acceptors (Lipinski definition) is 5. The summed E-state index contributed by atoms with van der Waals surface area (Å²) in [6.07, 6.45) is 16.9. The van der Waals surface area contributed by atoms with E-state index in [-0.39, 0.29) is 25.6 Å². The lowest BCUT2D eigenvalue weighted by Gasteiger charge is -2.58. The van der Waals surface area contributed by atoms with Gasteiger partial charge in [0.2, 0.25) is 0 Å². The van der Waals surface area contributed by atoms with Gasteiger partial charge in [0.1, 0.15) is 0 Å². The Morgan fingerprint density at radius 1 is 1.02 bits per heavy atom.